The van der Waals surface area contributed by atoms with Gasteiger partial charge < -0.3 is 15.5 Å². The van der Waals surface area contributed by atoms with Gasteiger partial charge in [0, 0.05) is 10.8 Å². The van der Waals surface area contributed by atoms with Crippen molar-refractivity contribution in [1.82, 2.24) is 0 Å². The minimum atomic E-state index is -4.81. The van der Waals surface area contributed by atoms with Crippen molar-refractivity contribution in [2.75, 3.05) is 5.32 Å². The van der Waals surface area contributed by atoms with Gasteiger partial charge >= 0.3 is 5.97 Å². The number of rotatable bonds is 7. The summed E-state index contributed by atoms with van der Waals surface area (Å²) in [6, 6.07) is 16.3. The highest BCUT2D eigenvalue weighted by Gasteiger charge is 2.24. The summed E-state index contributed by atoms with van der Waals surface area (Å²) < 4.78 is 68.6. The molecule has 45 heavy (non-hydrogen) atoms. The van der Waals surface area contributed by atoms with Gasteiger partial charge in [0.2, 0.25) is 0 Å². The number of aromatic hydroxyl groups is 1. The van der Waals surface area contributed by atoms with E-state index in [9.17, 15) is 45.7 Å². The third kappa shape index (κ3) is 6.09. The second-order valence-electron chi connectivity index (χ2n) is 10.1. The predicted octanol–water partition coefficient (Wildman–Crippen LogP) is 6.17. The van der Waals surface area contributed by atoms with Gasteiger partial charge in [-0.1, -0.05) is 42.0 Å². The Morgan fingerprint density at radius 1 is 0.778 bits per heavy atom. The van der Waals surface area contributed by atoms with Crippen LogP contribution in [0.2, 0.25) is 0 Å². The number of amides is 1. The number of aromatic carboxylic acids is 1. The number of carboxylic acid groups (broad SMARTS) is 1. The van der Waals surface area contributed by atoms with Gasteiger partial charge in [0.05, 0.1) is 21.7 Å². The van der Waals surface area contributed by atoms with E-state index in [-0.39, 0.29) is 49.9 Å². The number of phenolic OH excluding ortho intramolecular Hbond substituents is 1. The van der Waals surface area contributed by atoms with Crippen molar-refractivity contribution >= 4 is 70.7 Å². The quantitative estimate of drug-likeness (QED) is 0.0995. The smallest absolute Gasteiger partial charge is 0.336 e. The third-order valence-corrected chi connectivity index (χ3v) is 8.69. The zero-order valence-corrected chi connectivity index (χ0v) is 25.0. The number of carboxylic acids is 1. The Balaban J connectivity index is 1.70. The molecule has 0 aliphatic heterocycles. The summed E-state index contributed by atoms with van der Waals surface area (Å²) in [6.07, 6.45) is 0. The minimum absolute atomic E-state index is 0.0422. The Hall–Kier alpha value is -5.22. The number of carbonyl (C=O) groups is 2. The summed E-state index contributed by atoms with van der Waals surface area (Å²) in [7, 11) is -9.60. The number of aryl methyl sites for hydroxylation is 2. The van der Waals surface area contributed by atoms with E-state index >= 15 is 0 Å². The fourth-order valence-corrected chi connectivity index (χ4v) is 6.30. The maximum atomic E-state index is 13.2. The van der Waals surface area contributed by atoms with E-state index in [0.29, 0.717) is 5.39 Å². The Morgan fingerprint density at radius 2 is 1.47 bits per heavy atom. The standard InChI is InChI=1S/C30H23N3O10S2/c1-15-7-9-20-17(11-15)8-10-23(28(20)45(41,42)43)32-33-26-16(2)12-18-13-19(44(38,39)40)14-24(25(18)27(26)34)31-29(35)21-5-3-4-6-22(21)30(36)37/h3-14,34H,1-2H3,(H,31,35)(H,36,37)(H,38,39,40)(H,41,42,43). The van der Waals surface area contributed by atoms with Crippen LogP contribution in [0.3, 0.4) is 0 Å². The highest BCUT2D eigenvalue weighted by atomic mass is 32.2. The topological polar surface area (TPSA) is 220 Å². The highest BCUT2D eigenvalue weighted by molar-refractivity contribution is 7.86. The van der Waals surface area contributed by atoms with E-state index in [1.807, 2.05) is 6.92 Å². The zero-order valence-electron chi connectivity index (χ0n) is 23.4. The second kappa shape index (κ2) is 11.4. The summed E-state index contributed by atoms with van der Waals surface area (Å²) in [6.45, 7) is 3.30. The Morgan fingerprint density at radius 3 is 2.11 bits per heavy atom. The van der Waals surface area contributed by atoms with Gasteiger partial charge in [0.25, 0.3) is 26.1 Å². The van der Waals surface area contributed by atoms with Crippen molar-refractivity contribution in [3.8, 4) is 5.75 Å². The van der Waals surface area contributed by atoms with Crippen molar-refractivity contribution in [1.29, 1.82) is 0 Å². The largest absolute Gasteiger partial charge is 0.505 e. The summed E-state index contributed by atoms with van der Waals surface area (Å²) in [5.74, 6) is -2.97. The van der Waals surface area contributed by atoms with Crippen LogP contribution in [0.4, 0.5) is 17.1 Å². The molecule has 0 heterocycles. The van der Waals surface area contributed by atoms with Crippen LogP contribution in [0.1, 0.15) is 31.8 Å². The van der Waals surface area contributed by atoms with Crippen LogP contribution in [0.5, 0.6) is 5.75 Å². The van der Waals surface area contributed by atoms with Crippen LogP contribution in [0.25, 0.3) is 21.5 Å². The van der Waals surface area contributed by atoms with Crippen molar-refractivity contribution in [2.24, 2.45) is 10.2 Å². The van der Waals surface area contributed by atoms with Crippen LogP contribution in [-0.4, -0.2) is 48.0 Å². The van der Waals surface area contributed by atoms with Gasteiger partial charge in [-0.15, -0.1) is 10.2 Å². The summed E-state index contributed by atoms with van der Waals surface area (Å²) >= 11 is 0. The number of carbonyl (C=O) groups excluding carboxylic acids is 1. The molecule has 1 amide bonds. The molecule has 5 aromatic carbocycles. The van der Waals surface area contributed by atoms with Gasteiger partial charge in [0.1, 0.15) is 16.3 Å². The first-order valence-electron chi connectivity index (χ1n) is 12.9. The summed E-state index contributed by atoms with van der Waals surface area (Å²) in [5, 5.41) is 31.9. The Kier molecular flexibility index (Phi) is 7.88. The molecular formula is C30H23N3O10S2. The molecule has 5 N–H and O–H groups in total. The number of azo groups is 1. The van der Waals surface area contributed by atoms with Gasteiger partial charge in [-0.25, -0.2) is 4.79 Å². The van der Waals surface area contributed by atoms with Crippen LogP contribution >= 0.6 is 0 Å². The number of phenols is 1. The predicted molar refractivity (Wildman–Crippen MR) is 164 cm³/mol. The van der Waals surface area contributed by atoms with E-state index in [0.717, 1.165) is 17.7 Å². The molecule has 5 aromatic rings. The molecule has 0 fully saturated rings. The van der Waals surface area contributed by atoms with Crippen molar-refractivity contribution < 1.29 is 45.7 Å². The van der Waals surface area contributed by atoms with Gasteiger partial charge in [-0.3, -0.25) is 13.9 Å². The molecule has 0 spiro atoms. The van der Waals surface area contributed by atoms with E-state index in [2.05, 4.69) is 15.5 Å². The van der Waals surface area contributed by atoms with E-state index in [1.54, 1.807) is 18.2 Å². The molecule has 5 rings (SSSR count). The van der Waals surface area contributed by atoms with Crippen LogP contribution < -0.4 is 5.32 Å². The van der Waals surface area contributed by atoms with E-state index < -0.39 is 47.7 Å². The highest BCUT2D eigenvalue weighted by Crippen LogP contribution is 2.44. The fraction of sp³-hybridized carbons (Fsp3) is 0.0667. The van der Waals surface area contributed by atoms with E-state index in [1.165, 1.54) is 49.4 Å². The molecular weight excluding hydrogens is 626 g/mol. The monoisotopic (exact) mass is 649 g/mol. The van der Waals surface area contributed by atoms with Crippen molar-refractivity contribution in [3.05, 3.63) is 95.1 Å². The number of hydrogen-bond donors (Lipinski definition) is 5. The average Bonchev–Trinajstić information content (AvgIpc) is 2.95. The molecule has 0 aliphatic rings. The lowest BCUT2D eigenvalue weighted by Crippen LogP contribution is -2.17. The molecule has 0 radical (unpaired) electrons. The molecule has 230 valence electrons. The lowest BCUT2D eigenvalue weighted by Gasteiger charge is -2.15. The molecule has 0 aromatic heterocycles. The maximum Gasteiger partial charge on any atom is 0.336 e. The SMILES string of the molecule is Cc1ccc2c(S(=O)(=O)O)c(N=Nc3c(C)cc4cc(S(=O)(=O)O)cc(NC(=O)c5ccccc5C(=O)O)c4c3O)ccc2c1. The number of nitrogens with one attached hydrogen (secondary N) is 1. The molecule has 0 saturated heterocycles. The number of nitrogens with zero attached hydrogens (tertiary/aromatic N) is 2. The lowest BCUT2D eigenvalue weighted by atomic mass is 10.0. The second-order valence-corrected chi connectivity index (χ2v) is 12.8. The zero-order chi connectivity index (χ0) is 32.8. The third-order valence-electron chi connectivity index (χ3n) is 6.92. The van der Waals surface area contributed by atoms with Crippen LogP contribution in [0, 0.1) is 13.8 Å². The Labute approximate surface area is 256 Å². The average molecular weight is 650 g/mol. The van der Waals surface area contributed by atoms with Crippen molar-refractivity contribution in [3.63, 3.8) is 0 Å². The minimum Gasteiger partial charge on any atom is -0.505 e. The fourth-order valence-electron chi connectivity index (χ4n) is 4.92. The first kappa shape index (κ1) is 31.2. The first-order chi connectivity index (χ1) is 21.1. The molecule has 0 unspecified atom stereocenters. The van der Waals surface area contributed by atoms with Crippen molar-refractivity contribution in [2.45, 2.75) is 23.6 Å². The molecule has 0 aliphatic carbocycles. The number of hydrogen-bond acceptors (Lipinski definition) is 9. The first-order valence-corrected chi connectivity index (χ1v) is 15.8. The normalized spacial score (nSPS) is 12.2. The number of anilines is 1. The maximum absolute atomic E-state index is 13.2. The molecule has 15 heteroatoms. The number of fused-ring (bicyclic) bond motifs is 2. The van der Waals surface area contributed by atoms with E-state index in [4.69, 9.17) is 0 Å². The van der Waals surface area contributed by atoms with Crippen LogP contribution in [0.15, 0.2) is 92.8 Å². The molecule has 13 nitrogen and oxygen atoms in total. The number of benzene rings is 5. The lowest BCUT2D eigenvalue weighted by molar-refractivity contribution is 0.0692. The summed E-state index contributed by atoms with van der Waals surface area (Å²) in [4.78, 5) is 23.7. The summed E-state index contributed by atoms with van der Waals surface area (Å²) in [5.41, 5.74) is -0.303. The molecule has 0 bridgehead atoms. The molecule has 0 saturated carbocycles. The van der Waals surface area contributed by atoms with Crippen LogP contribution in [-0.2, 0) is 20.2 Å². The van der Waals surface area contributed by atoms with Gasteiger partial charge in [0.15, 0.2) is 5.75 Å². The van der Waals surface area contributed by atoms with Gasteiger partial charge in [-0.2, -0.15) is 16.8 Å². The van der Waals surface area contributed by atoms with Gasteiger partial charge in [-0.05, 0) is 66.6 Å². The Bertz CT molecular complexity index is 2330. The molecule has 0 atom stereocenters.